The van der Waals surface area contributed by atoms with Gasteiger partial charge in [-0.3, -0.25) is 9.52 Å². The van der Waals surface area contributed by atoms with E-state index >= 15 is 0 Å². The van der Waals surface area contributed by atoms with Crippen LogP contribution in [0.4, 0.5) is 17.2 Å². The highest BCUT2D eigenvalue weighted by Gasteiger charge is 2.11. The first-order chi connectivity index (χ1) is 12.2. The molecule has 0 aliphatic heterocycles. The van der Waals surface area contributed by atoms with Crippen molar-refractivity contribution < 1.29 is 13.2 Å². The van der Waals surface area contributed by atoms with Crippen LogP contribution in [0.25, 0.3) is 0 Å². The molecule has 0 aliphatic carbocycles. The lowest BCUT2D eigenvalue weighted by molar-refractivity contribution is -0.117. The zero-order chi connectivity index (χ0) is 19.3. The minimum absolute atomic E-state index is 0.0695. The number of aryl methyl sites for hydroxylation is 1. The molecular formula is C16H24N6O3S. The third-order valence-corrected chi connectivity index (χ3v) is 4.30. The highest BCUT2D eigenvalue weighted by Crippen LogP contribution is 2.22. The summed E-state index contributed by atoms with van der Waals surface area (Å²) in [6.07, 6.45) is 2.27. The van der Waals surface area contributed by atoms with Crippen molar-refractivity contribution in [2.75, 3.05) is 34.3 Å². The van der Waals surface area contributed by atoms with Gasteiger partial charge in [0.25, 0.3) is 0 Å². The van der Waals surface area contributed by atoms with Crippen LogP contribution in [-0.4, -0.2) is 48.7 Å². The van der Waals surface area contributed by atoms with Gasteiger partial charge in [-0.1, -0.05) is 0 Å². The van der Waals surface area contributed by atoms with Gasteiger partial charge < -0.3 is 10.2 Å². The molecule has 0 unspecified atom stereocenters. The van der Waals surface area contributed by atoms with E-state index in [0.29, 0.717) is 5.69 Å². The average molecular weight is 380 g/mol. The summed E-state index contributed by atoms with van der Waals surface area (Å²) >= 11 is 0. The van der Waals surface area contributed by atoms with Crippen molar-refractivity contribution in [1.29, 1.82) is 0 Å². The van der Waals surface area contributed by atoms with Crippen molar-refractivity contribution in [3.8, 4) is 0 Å². The molecule has 0 spiro atoms. The van der Waals surface area contributed by atoms with Crippen molar-refractivity contribution in [2.24, 2.45) is 0 Å². The van der Waals surface area contributed by atoms with Crippen LogP contribution in [0.3, 0.4) is 0 Å². The predicted octanol–water partition coefficient (Wildman–Crippen LogP) is 1.44. The van der Waals surface area contributed by atoms with Crippen LogP contribution in [0, 0.1) is 6.92 Å². The molecule has 1 aromatic heterocycles. The molecular weight excluding hydrogens is 356 g/mol. The van der Waals surface area contributed by atoms with Crippen LogP contribution in [0.2, 0.25) is 0 Å². The lowest BCUT2D eigenvalue weighted by Crippen LogP contribution is -2.23. The average Bonchev–Trinajstić information content (AvgIpc) is 2.95. The molecule has 26 heavy (non-hydrogen) atoms. The van der Waals surface area contributed by atoms with Crippen molar-refractivity contribution >= 4 is 33.1 Å². The number of aromatic nitrogens is 3. The smallest absolute Gasteiger partial charge is 0.247 e. The number of benzene rings is 1. The maximum atomic E-state index is 12.2. The zero-order valence-electron chi connectivity index (χ0n) is 15.4. The van der Waals surface area contributed by atoms with Crippen LogP contribution in [0.15, 0.2) is 24.4 Å². The standard InChI is InChI=1S/C16H24N6O3S/c1-5-21(6-2)13-7-8-14(12(3)9-13)18-16(23)11-22-17-10-15(19-22)20-26(4,24)25/h7-10H,5-6,11H2,1-4H3,(H,18,23)(H,19,20). The van der Waals surface area contributed by atoms with Crippen molar-refractivity contribution in [3.05, 3.63) is 30.0 Å². The van der Waals surface area contributed by atoms with E-state index in [1.807, 2.05) is 25.1 Å². The molecule has 0 saturated carbocycles. The van der Waals surface area contributed by atoms with Gasteiger partial charge in [0.05, 0.1) is 12.5 Å². The Bertz CT molecular complexity index is 874. The largest absolute Gasteiger partial charge is 0.372 e. The molecule has 0 atom stereocenters. The second-order valence-corrected chi connectivity index (χ2v) is 7.60. The third kappa shape index (κ3) is 5.45. The molecule has 1 amide bonds. The number of anilines is 3. The quantitative estimate of drug-likeness (QED) is 0.717. The Kier molecular flexibility index (Phi) is 6.19. The molecule has 0 bridgehead atoms. The van der Waals surface area contributed by atoms with Crippen molar-refractivity contribution in [2.45, 2.75) is 27.3 Å². The first-order valence-corrected chi connectivity index (χ1v) is 10.1. The minimum atomic E-state index is -3.43. The summed E-state index contributed by atoms with van der Waals surface area (Å²) in [5, 5.41) is 10.6. The van der Waals surface area contributed by atoms with Gasteiger partial charge in [-0.2, -0.15) is 9.90 Å². The summed E-state index contributed by atoms with van der Waals surface area (Å²) in [6.45, 7) is 7.83. The molecule has 0 fully saturated rings. The van der Waals surface area contributed by atoms with Gasteiger partial charge in [-0.05, 0) is 44.5 Å². The first-order valence-electron chi connectivity index (χ1n) is 8.25. The third-order valence-electron chi connectivity index (χ3n) is 3.72. The summed E-state index contributed by atoms with van der Waals surface area (Å²) in [6, 6.07) is 5.87. The van der Waals surface area contributed by atoms with E-state index in [1.54, 1.807) is 0 Å². The van der Waals surface area contributed by atoms with Gasteiger partial charge in [0, 0.05) is 24.5 Å². The number of carbonyl (C=O) groups is 1. The summed E-state index contributed by atoms with van der Waals surface area (Å²) in [5.41, 5.74) is 2.78. The van der Waals surface area contributed by atoms with Crippen LogP contribution in [0.5, 0.6) is 0 Å². The number of carbonyl (C=O) groups excluding carboxylic acids is 1. The van der Waals surface area contributed by atoms with Crippen LogP contribution in [-0.2, 0) is 21.4 Å². The number of nitrogens with one attached hydrogen (secondary N) is 2. The topological polar surface area (TPSA) is 109 Å². The number of rotatable bonds is 8. The van der Waals surface area contributed by atoms with E-state index < -0.39 is 10.0 Å². The molecule has 0 saturated heterocycles. The van der Waals surface area contributed by atoms with Crippen LogP contribution in [0.1, 0.15) is 19.4 Å². The molecule has 1 aromatic carbocycles. The lowest BCUT2D eigenvalue weighted by atomic mass is 10.1. The Morgan fingerprint density at radius 3 is 2.54 bits per heavy atom. The number of nitrogens with zero attached hydrogens (tertiary/aromatic N) is 4. The Balaban J connectivity index is 2.02. The van der Waals surface area contributed by atoms with Crippen molar-refractivity contribution in [1.82, 2.24) is 15.0 Å². The molecule has 9 nitrogen and oxygen atoms in total. The maximum absolute atomic E-state index is 12.2. The van der Waals surface area contributed by atoms with E-state index in [2.05, 4.69) is 39.0 Å². The van der Waals surface area contributed by atoms with Crippen molar-refractivity contribution in [3.63, 3.8) is 0 Å². The van der Waals surface area contributed by atoms with Crippen LogP contribution < -0.4 is 14.9 Å². The van der Waals surface area contributed by atoms with Gasteiger partial charge in [-0.15, -0.1) is 5.10 Å². The number of hydrogen-bond donors (Lipinski definition) is 2. The molecule has 10 heteroatoms. The molecule has 1 heterocycles. The zero-order valence-corrected chi connectivity index (χ0v) is 16.2. The highest BCUT2D eigenvalue weighted by atomic mass is 32.2. The number of hydrogen-bond acceptors (Lipinski definition) is 6. The number of amides is 1. The first kappa shape index (κ1) is 19.7. The Morgan fingerprint density at radius 2 is 1.96 bits per heavy atom. The van der Waals surface area contributed by atoms with E-state index in [9.17, 15) is 13.2 Å². The van der Waals surface area contributed by atoms with E-state index in [-0.39, 0.29) is 18.3 Å². The monoisotopic (exact) mass is 380 g/mol. The van der Waals surface area contributed by atoms with E-state index in [4.69, 9.17) is 0 Å². The van der Waals surface area contributed by atoms with Gasteiger partial charge in [0.15, 0.2) is 5.82 Å². The molecule has 2 N–H and O–H groups in total. The predicted molar refractivity (Wildman–Crippen MR) is 102 cm³/mol. The van der Waals surface area contributed by atoms with E-state index in [0.717, 1.165) is 35.4 Å². The number of sulfonamides is 1. The fourth-order valence-electron chi connectivity index (χ4n) is 2.50. The Hall–Kier alpha value is -2.62. The second-order valence-electron chi connectivity index (χ2n) is 5.85. The highest BCUT2D eigenvalue weighted by molar-refractivity contribution is 7.92. The Morgan fingerprint density at radius 1 is 1.27 bits per heavy atom. The fraction of sp³-hybridized carbons (Fsp3) is 0.438. The minimum Gasteiger partial charge on any atom is -0.372 e. The SMILES string of the molecule is CCN(CC)c1ccc(NC(=O)Cn2ncc(NS(C)(=O)=O)n2)c(C)c1. The molecule has 2 aromatic rings. The fourth-order valence-corrected chi connectivity index (χ4v) is 2.98. The molecule has 0 radical (unpaired) electrons. The van der Waals surface area contributed by atoms with Gasteiger partial charge >= 0.3 is 0 Å². The van der Waals surface area contributed by atoms with Crippen LogP contribution >= 0.6 is 0 Å². The second kappa shape index (κ2) is 8.17. The summed E-state index contributed by atoms with van der Waals surface area (Å²) < 4.78 is 24.5. The molecule has 0 aliphatic rings. The van der Waals surface area contributed by atoms with Gasteiger partial charge in [0.1, 0.15) is 6.54 Å². The summed E-state index contributed by atoms with van der Waals surface area (Å²) in [7, 11) is -3.43. The summed E-state index contributed by atoms with van der Waals surface area (Å²) in [4.78, 5) is 15.6. The summed E-state index contributed by atoms with van der Waals surface area (Å²) in [5.74, 6) is -0.231. The van der Waals surface area contributed by atoms with Gasteiger partial charge in [0.2, 0.25) is 15.9 Å². The molecule has 142 valence electrons. The van der Waals surface area contributed by atoms with Gasteiger partial charge in [-0.25, -0.2) is 8.42 Å². The molecule has 2 rings (SSSR count). The lowest BCUT2D eigenvalue weighted by Gasteiger charge is -2.22. The normalized spacial score (nSPS) is 11.2. The van der Waals surface area contributed by atoms with E-state index in [1.165, 1.54) is 6.20 Å². The maximum Gasteiger partial charge on any atom is 0.247 e. The Labute approximate surface area is 153 Å².